The van der Waals surface area contributed by atoms with Crippen LogP contribution in [0.4, 0.5) is 0 Å². The van der Waals surface area contributed by atoms with E-state index < -0.39 is 10.0 Å². The molecule has 4 rings (SSSR count). The third-order valence-electron chi connectivity index (χ3n) is 6.04. The topological polar surface area (TPSA) is 97.4 Å². The van der Waals surface area contributed by atoms with E-state index in [1.54, 1.807) is 22.5 Å². The SMILES string of the molecule is Cc1ccc(C(C)NC(=O)CCc2nc3cc(S(=O)(=O)N4CCCCC4)ccc3n2C)o1. The lowest BCUT2D eigenvalue weighted by Gasteiger charge is -2.25. The number of benzene rings is 1. The summed E-state index contributed by atoms with van der Waals surface area (Å²) in [4.78, 5) is 17.3. The van der Waals surface area contributed by atoms with Crippen molar-refractivity contribution in [1.82, 2.24) is 19.2 Å². The number of furan rings is 1. The van der Waals surface area contributed by atoms with Gasteiger partial charge in [0.15, 0.2) is 0 Å². The van der Waals surface area contributed by atoms with Crippen molar-refractivity contribution in [2.75, 3.05) is 13.1 Å². The fourth-order valence-corrected chi connectivity index (χ4v) is 5.70. The van der Waals surface area contributed by atoms with E-state index in [-0.39, 0.29) is 23.3 Å². The molecule has 8 nitrogen and oxygen atoms in total. The number of aryl methyl sites for hydroxylation is 3. The molecule has 1 atom stereocenters. The molecule has 1 N–H and O–H groups in total. The van der Waals surface area contributed by atoms with Gasteiger partial charge in [-0.15, -0.1) is 0 Å². The monoisotopic (exact) mass is 458 g/mol. The number of rotatable bonds is 7. The number of amides is 1. The maximum absolute atomic E-state index is 13.0. The van der Waals surface area contributed by atoms with Crippen LogP contribution in [-0.2, 0) is 28.3 Å². The Morgan fingerprint density at radius 2 is 1.94 bits per heavy atom. The third kappa shape index (κ3) is 4.59. The largest absolute Gasteiger partial charge is 0.464 e. The van der Waals surface area contributed by atoms with E-state index in [4.69, 9.17) is 4.42 Å². The molecule has 0 bridgehead atoms. The van der Waals surface area contributed by atoms with Crippen LogP contribution in [-0.4, -0.2) is 41.3 Å². The average Bonchev–Trinajstić information content (AvgIpc) is 3.36. The van der Waals surface area contributed by atoms with Gasteiger partial charge in [0.25, 0.3) is 0 Å². The summed E-state index contributed by atoms with van der Waals surface area (Å²) in [6, 6.07) is 8.61. The minimum atomic E-state index is -3.51. The van der Waals surface area contributed by atoms with Crippen LogP contribution in [0.1, 0.15) is 56.0 Å². The highest BCUT2D eigenvalue weighted by molar-refractivity contribution is 7.89. The molecular weight excluding hydrogens is 428 g/mol. The van der Waals surface area contributed by atoms with Crippen LogP contribution < -0.4 is 5.32 Å². The van der Waals surface area contributed by atoms with E-state index in [9.17, 15) is 13.2 Å². The number of hydrogen-bond donors (Lipinski definition) is 1. The van der Waals surface area contributed by atoms with Crippen LogP contribution in [0.3, 0.4) is 0 Å². The van der Waals surface area contributed by atoms with Crippen LogP contribution >= 0.6 is 0 Å². The summed E-state index contributed by atoms with van der Waals surface area (Å²) in [7, 11) is -1.63. The Balaban J connectivity index is 1.45. The smallest absolute Gasteiger partial charge is 0.243 e. The van der Waals surface area contributed by atoms with Crippen molar-refractivity contribution in [3.8, 4) is 0 Å². The second kappa shape index (κ2) is 9.07. The minimum Gasteiger partial charge on any atom is -0.464 e. The van der Waals surface area contributed by atoms with Crippen molar-refractivity contribution in [2.45, 2.75) is 56.9 Å². The predicted octanol–water partition coefficient (Wildman–Crippen LogP) is 3.46. The Hall–Kier alpha value is -2.65. The lowest BCUT2D eigenvalue weighted by Crippen LogP contribution is -2.35. The van der Waals surface area contributed by atoms with Gasteiger partial charge in [-0.25, -0.2) is 13.4 Å². The van der Waals surface area contributed by atoms with Crippen molar-refractivity contribution in [2.24, 2.45) is 7.05 Å². The number of sulfonamides is 1. The van der Waals surface area contributed by atoms with Gasteiger partial charge in [-0.2, -0.15) is 4.31 Å². The summed E-state index contributed by atoms with van der Waals surface area (Å²) in [5.41, 5.74) is 1.47. The van der Waals surface area contributed by atoms with Crippen LogP contribution in [0.5, 0.6) is 0 Å². The first-order chi connectivity index (χ1) is 15.3. The number of nitrogens with zero attached hydrogens (tertiary/aromatic N) is 3. The Morgan fingerprint density at radius 1 is 1.19 bits per heavy atom. The average molecular weight is 459 g/mol. The van der Waals surface area contributed by atoms with E-state index in [0.29, 0.717) is 25.0 Å². The van der Waals surface area contributed by atoms with Crippen LogP contribution in [0.15, 0.2) is 39.6 Å². The van der Waals surface area contributed by atoms with Gasteiger partial charge in [0, 0.05) is 33.0 Å². The Morgan fingerprint density at radius 3 is 2.62 bits per heavy atom. The fourth-order valence-electron chi connectivity index (χ4n) is 4.16. The first-order valence-electron chi connectivity index (χ1n) is 11.1. The molecule has 1 aromatic carbocycles. The number of carbonyl (C=O) groups is 1. The lowest BCUT2D eigenvalue weighted by atomic mass is 10.2. The molecule has 172 valence electrons. The highest BCUT2D eigenvalue weighted by Crippen LogP contribution is 2.25. The van der Waals surface area contributed by atoms with Gasteiger partial charge in [-0.05, 0) is 57.0 Å². The zero-order valence-corrected chi connectivity index (χ0v) is 19.6. The van der Waals surface area contributed by atoms with Gasteiger partial charge in [0.1, 0.15) is 17.3 Å². The van der Waals surface area contributed by atoms with Crippen LogP contribution in [0, 0.1) is 6.92 Å². The van der Waals surface area contributed by atoms with Gasteiger partial charge >= 0.3 is 0 Å². The standard InChI is InChI=1S/C23H30N4O4S/c1-16-7-10-21(31-16)17(2)24-23(28)12-11-22-25-19-15-18(8-9-20(19)26(22)3)32(29,30)27-13-5-4-6-14-27/h7-10,15,17H,4-6,11-14H2,1-3H3,(H,24,28). The van der Waals surface area contributed by atoms with E-state index in [1.165, 1.54) is 0 Å². The molecule has 0 spiro atoms. The van der Waals surface area contributed by atoms with Crippen LogP contribution in [0.2, 0.25) is 0 Å². The van der Waals surface area contributed by atoms with Gasteiger partial charge in [-0.1, -0.05) is 6.42 Å². The molecule has 3 aromatic rings. The number of carbonyl (C=O) groups excluding carboxylic acids is 1. The number of nitrogens with one attached hydrogen (secondary N) is 1. The summed E-state index contributed by atoms with van der Waals surface area (Å²) >= 11 is 0. The molecule has 9 heteroatoms. The molecule has 0 saturated carbocycles. The summed E-state index contributed by atoms with van der Waals surface area (Å²) in [5, 5.41) is 2.94. The summed E-state index contributed by atoms with van der Waals surface area (Å²) in [5.74, 6) is 2.18. The van der Waals surface area contributed by atoms with E-state index in [1.807, 2.05) is 37.6 Å². The molecule has 1 fully saturated rings. The second-order valence-corrected chi connectivity index (χ2v) is 10.4. The van der Waals surface area contributed by atoms with Gasteiger partial charge < -0.3 is 14.3 Å². The second-order valence-electron chi connectivity index (χ2n) is 8.44. The van der Waals surface area contributed by atoms with Crippen molar-refractivity contribution in [3.63, 3.8) is 0 Å². The zero-order valence-electron chi connectivity index (χ0n) is 18.8. The first kappa shape index (κ1) is 22.5. The van der Waals surface area contributed by atoms with Gasteiger partial charge in [-0.3, -0.25) is 4.79 Å². The number of fused-ring (bicyclic) bond motifs is 1. The highest BCUT2D eigenvalue weighted by atomic mass is 32.2. The van der Waals surface area contributed by atoms with Crippen LogP contribution in [0.25, 0.3) is 11.0 Å². The fraction of sp³-hybridized carbons (Fsp3) is 0.478. The zero-order chi connectivity index (χ0) is 22.9. The first-order valence-corrected chi connectivity index (χ1v) is 12.5. The van der Waals surface area contributed by atoms with E-state index in [0.717, 1.165) is 42.1 Å². The molecule has 1 amide bonds. The maximum Gasteiger partial charge on any atom is 0.243 e. The molecule has 0 radical (unpaired) electrons. The summed E-state index contributed by atoms with van der Waals surface area (Å²) < 4.78 is 35.0. The molecule has 1 saturated heterocycles. The molecule has 1 aliphatic heterocycles. The lowest BCUT2D eigenvalue weighted by molar-refractivity contribution is -0.121. The number of piperidine rings is 1. The highest BCUT2D eigenvalue weighted by Gasteiger charge is 2.26. The maximum atomic E-state index is 13.0. The Bertz CT molecular complexity index is 1220. The number of imidazole rings is 1. The normalized spacial score (nSPS) is 16.3. The van der Waals surface area contributed by atoms with Crippen molar-refractivity contribution < 1.29 is 17.6 Å². The number of aromatic nitrogens is 2. The van der Waals surface area contributed by atoms with Gasteiger partial charge in [0.05, 0.1) is 22.0 Å². The van der Waals surface area contributed by atoms with E-state index >= 15 is 0 Å². The molecular formula is C23H30N4O4S. The molecule has 32 heavy (non-hydrogen) atoms. The van der Waals surface area contributed by atoms with Crippen molar-refractivity contribution in [1.29, 1.82) is 0 Å². The molecule has 1 unspecified atom stereocenters. The minimum absolute atomic E-state index is 0.0908. The summed E-state index contributed by atoms with van der Waals surface area (Å²) in [6.07, 6.45) is 3.60. The molecule has 0 aliphatic carbocycles. The Labute approximate surface area is 188 Å². The van der Waals surface area contributed by atoms with Crippen molar-refractivity contribution >= 4 is 27.0 Å². The van der Waals surface area contributed by atoms with E-state index in [2.05, 4.69) is 10.3 Å². The molecule has 1 aliphatic rings. The van der Waals surface area contributed by atoms with Crippen molar-refractivity contribution in [3.05, 3.63) is 47.7 Å². The molecule has 3 heterocycles. The predicted molar refractivity (Wildman–Crippen MR) is 122 cm³/mol. The number of hydrogen-bond acceptors (Lipinski definition) is 5. The Kier molecular flexibility index (Phi) is 6.39. The quantitative estimate of drug-likeness (QED) is 0.585. The van der Waals surface area contributed by atoms with Gasteiger partial charge in [0.2, 0.25) is 15.9 Å². The summed E-state index contributed by atoms with van der Waals surface area (Å²) in [6.45, 7) is 4.89. The third-order valence-corrected chi connectivity index (χ3v) is 7.93. The molecule has 2 aromatic heterocycles.